The fourth-order valence-corrected chi connectivity index (χ4v) is 4.54. The first-order chi connectivity index (χ1) is 12.6. The highest BCUT2D eigenvalue weighted by atomic mass is 35.5. The van der Waals surface area contributed by atoms with Gasteiger partial charge in [0, 0.05) is 21.7 Å². The lowest BCUT2D eigenvalue weighted by atomic mass is 9.95. The van der Waals surface area contributed by atoms with E-state index >= 15 is 0 Å². The summed E-state index contributed by atoms with van der Waals surface area (Å²) in [6, 6.07) is 15.5. The van der Waals surface area contributed by atoms with Gasteiger partial charge in [0.25, 0.3) is 0 Å². The Morgan fingerprint density at radius 3 is 2.46 bits per heavy atom. The number of hydrogen-bond donors (Lipinski definition) is 0. The normalized spacial score (nSPS) is 21.5. The van der Waals surface area contributed by atoms with Crippen molar-refractivity contribution in [3.63, 3.8) is 0 Å². The molecule has 1 fully saturated rings. The summed E-state index contributed by atoms with van der Waals surface area (Å²) in [6.07, 6.45) is 4.53. The van der Waals surface area contributed by atoms with Crippen LogP contribution in [-0.4, -0.2) is 23.1 Å². The second-order valence-corrected chi connectivity index (χ2v) is 7.55. The zero-order valence-corrected chi connectivity index (χ0v) is 15.7. The fourth-order valence-electron chi connectivity index (χ4n) is 3.90. The van der Waals surface area contributed by atoms with Crippen molar-refractivity contribution in [2.45, 2.75) is 38.0 Å². The van der Waals surface area contributed by atoms with Crippen molar-refractivity contribution in [2.75, 3.05) is 0 Å². The molecule has 0 saturated carbocycles. The number of carbonyl (C=O) groups is 1. The molecule has 0 radical (unpaired) electrons. The number of nitrogens with zero attached hydrogens (tertiary/aromatic N) is 1. The van der Waals surface area contributed by atoms with E-state index in [1.807, 2.05) is 53.4 Å². The van der Waals surface area contributed by atoms with Crippen LogP contribution in [0.2, 0.25) is 10.0 Å². The molecule has 134 valence electrons. The molecule has 4 rings (SSSR count). The zero-order valence-electron chi connectivity index (χ0n) is 14.2. The average molecular weight is 388 g/mol. The van der Waals surface area contributed by atoms with Crippen molar-refractivity contribution in [3.05, 3.63) is 75.8 Å². The van der Waals surface area contributed by atoms with Gasteiger partial charge in [0.05, 0.1) is 6.04 Å². The first-order valence-corrected chi connectivity index (χ1v) is 9.53. The predicted octanol–water partition coefficient (Wildman–Crippen LogP) is 5.95. The molecule has 2 aromatic rings. The molecule has 26 heavy (non-hydrogen) atoms. The van der Waals surface area contributed by atoms with E-state index < -0.39 is 0 Å². The number of hydrogen-bond acceptors (Lipinski definition) is 2. The second-order valence-electron chi connectivity index (χ2n) is 6.74. The lowest BCUT2D eigenvalue weighted by molar-refractivity contribution is 0.0832. The Morgan fingerprint density at radius 2 is 1.77 bits per heavy atom. The van der Waals surface area contributed by atoms with Crippen LogP contribution < -0.4 is 0 Å². The number of halogens is 2. The van der Waals surface area contributed by atoms with Crippen LogP contribution in [0.1, 0.15) is 30.4 Å². The van der Waals surface area contributed by atoms with Crippen LogP contribution in [0.4, 0.5) is 4.79 Å². The van der Waals surface area contributed by atoms with Crippen molar-refractivity contribution in [3.8, 4) is 0 Å². The summed E-state index contributed by atoms with van der Waals surface area (Å²) in [7, 11) is 0. The Labute approximate surface area is 163 Å². The molecular weight excluding hydrogens is 369 g/mol. The van der Waals surface area contributed by atoms with Gasteiger partial charge in [-0.05, 0) is 42.5 Å². The first-order valence-electron chi connectivity index (χ1n) is 8.77. The Hall–Kier alpha value is -1.97. The Morgan fingerprint density at radius 1 is 1.04 bits per heavy atom. The molecular formula is C21H19Cl2NO2. The third-order valence-corrected chi connectivity index (χ3v) is 5.73. The van der Waals surface area contributed by atoms with Crippen LogP contribution in [-0.2, 0) is 11.3 Å². The summed E-state index contributed by atoms with van der Waals surface area (Å²) in [5.74, 6) is 0. The van der Waals surface area contributed by atoms with Gasteiger partial charge in [-0.25, -0.2) is 4.79 Å². The van der Waals surface area contributed by atoms with Crippen LogP contribution in [0.3, 0.4) is 0 Å². The Kier molecular flexibility index (Phi) is 4.92. The van der Waals surface area contributed by atoms with Gasteiger partial charge in [0.1, 0.15) is 6.61 Å². The van der Waals surface area contributed by atoms with E-state index in [2.05, 4.69) is 6.08 Å². The molecule has 2 aliphatic heterocycles. The lowest BCUT2D eigenvalue weighted by Gasteiger charge is -2.33. The molecule has 0 N–H and O–H groups in total. The zero-order chi connectivity index (χ0) is 18.1. The Bertz CT molecular complexity index is 830. The standard InChI is InChI=1S/C21H19Cl2NO2/c22-18-7-4-8-19(23)20(18)15-11-16-9-10-17(12-15)24(16)21(25)26-13-14-5-2-1-3-6-14/h1-8,11,16-17H,9-10,12-13H2. The third kappa shape index (κ3) is 3.34. The van der Waals surface area contributed by atoms with E-state index in [0.717, 1.165) is 36.0 Å². The van der Waals surface area contributed by atoms with Crippen LogP contribution >= 0.6 is 23.2 Å². The van der Waals surface area contributed by atoms with Crippen LogP contribution in [0.15, 0.2) is 54.6 Å². The first kappa shape index (κ1) is 17.4. The molecule has 2 atom stereocenters. The van der Waals surface area contributed by atoms with Gasteiger partial charge in [-0.2, -0.15) is 0 Å². The molecule has 3 nitrogen and oxygen atoms in total. The number of carbonyl (C=O) groups excluding carboxylic acids is 1. The molecule has 1 saturated heterocycles. The predicted molar refractivity (Wildman–Crippen MR) is 104 cm³/mol. The largest absolute Gasteiger partial charge is 0.445 e. The summed E-state index contributed by atoms with van der Waals surface area (Å²) in [4.78, 5) is 14.5. The minimum absolute atomic E-state index is 0.0411. The van der Waals surface area contributed by atoms with Gasteiger partial charge in [0.15, 0.2) is 0 Å². The highest BCUT2D eigenvalue weighted by molar-refractivity contribution is 6.37. The molecule has 0 aromatic heterocycles. The molecule has 2 aliphatic rings. The molecule has 2 aromatic carbocycles. The molecule has 2 unspecified atom stereocenters. The molecule has 5 heteroatoms. The SMILES string of the molecule is O=C(OCc1ccccc1)N1C2C=C(c3c(Cl)cccc3Cl)CC1CC2. The van der Waals surface area contributed by atoms with E-state index in [-0.39, 0.29) is 18.2 Å². The van der Waals surface area contributed by atoms with Gasteiger partial charge in [-0.15, -0.1) is 0 Å². The number of ether oxygens (including phenoxy) is 1. The van der Waals surface area contributed by atoms with Gasteiger partial charge in [-0.1, -0.05) is 65.7 Å². The molecule has 1 amide bonds. The minimum atomic E-state index is -0.248. The summed E-state index contributed by atoms with van der Waals surface area (Å²) < 4.78 is 5.54. The Balaban J connectivity index is 1.51. The fraction of sp³-hybridized carbons (Fsp3) is 0.286. The van der Waals surface area contributed by atoms with E-state index in [0.29, 0.717) is 16.7 Å². The van der Waals surface area contributed by atoms with Crippen LogP contribution in [0.5, 0.6) is 0 Å². The maximum absolute atomic E-state index is 12.6. The van der Waals surface area contributed by atoms with Gasteiger partial charge in [0.2, 0.25) is 0 Å². The van der Waals surface area contributed by atoms with E-state index in [1.54, 1.807) is 0 Å². The summed E-state index contributed by atoms with van der Waals surface area (Å²) in [5, 5.41) is 1.31. The second kappa shape index (κ2) is 7.34. The van der Waals surface area contributed by atoms with E-state index in [1.165, 1.54) is 0 Å². The van der Waals surface area contributed by atoms with E-state index in [9.17, 15) is 4.79 Å². The van der Waals surface area contributed by atoms with Crippen molar-refractivity contribution in [2.24, 2.45) is 0 Å². The summed E-state index contributed by atoms with van der Waals surface area (Å²) >= 11 is 12.7. The van der Waals surface area contributed by atoms with Crippen molar-refractivity contribution in [1.29, 1.82) is 0 Å². The topological polar surface area (TPSA) is 29.5 Å². The smallest absolute Gasteiger partial charge is 0.410 e. The number of benzene rings is 2. The molecule has 2 bridgehead atoms. The number of rotatable bonds is 3. The molecule has 2 heterocycles. The molecule has 0 spiro atoms. The third-order valence-electron chi connectivity index (χ3n) is 5.10. The van der Waals surface area contributed by atoms with Crippen molar-refractivity contribution in [1.82, 2.24) is 4.90 Å². The van der Waals surface area contributed by atoms with Gasteiger partial charge < -0.3 is 4.74 Å². The highest BCUT2D eigenvalue weighted by Gasteiger charge is 2.41. The van der Waals surface area contributed by atoms with Gasteiger partial charge >= 0.3 is 6.09 Å². The van der Waals surface area contributed by atoms with Crippen molar-refractivity contribution < 1.29 is 9.53 Å². The highest BCUT2D eigenvalue weighted by Crippen LogP contribution is 2.42. The van der Waals surface area contributed by atoms with Gasteiger partial charge in [-0.3, -0.25) is 4.90 Å². The van der Waals surface area contributed by atoms with Crippen LogP contribution in [0, 0.1) is 0 Å². The summed E-state index contributed by atoms with van der Waals surface area (Å²) in [6.45, 7) is 0.294. The minimum Gasteiger partial charge on any atom is -0.445 e. The summed E-state index contributed by atoms with van der Waals surface area (Å²) in [5.41, 5.74) is 3.01. The maximum Gasteiger partial charge on any atom is 0.410 e. The van der Waals surface area contributed by atoms with E-state index in [4.69, 9.17) is 27.9 Å². The van der Waals surface area contributed by atoms with Crippen molar-refractivity contribution >= 4 is 34.9 Å². The lowest BCUT2D eigenvalue weighted by Crippen LogP contribution is -2.43. The van der Waals surface area contributed by atoms with Crippen LogP contribution in [0.25, 0.3) is 5.57 Å². The molecule has 0 aliphatic carbocycles. The average Bonchev–Trinajstić information content (AvgIpc) is 2.91. The maximum atomic E-state index is 12.6. The number of amides is 1. The monoisotopic (exact) mass is 387 g/mol. The quantitative estimate of drug-likeness (QED) is 0.650. The number of fused-ring (bicyclic) bond motifs is 2.